The van der Waals surface area contributed by atoms with Crippen molar-refractivity contribution < 1.29 is 14.3 Å². The number of carbonyl (C=O) groups excluding carboxylic acids is 1. The smallest absolute Gasteiger partial charge is 0.257 e. The minimum absolute atomic E-state index is 0.0301. The van der Waals surface area contributed by atoms with E-state index in [4.69, 9.17) is 14.6 Å². The molecule has 0 N–H and O–H groups in total. The molecule has 2 aromatic rings. The fourth-order valence-corrected chi connectivity index (χ4v) is 4.52. The highest BCUT2D eigenvalue weighted by Gasteiger charge is 2.36. The van der Waals surface area contributed by atoms with Crippen LogP contribution in [-0.2, 0) is 4.79 Å². The molecule has 2 heterocycles. The summed E-state index contributed by atoms with van der Waals surface area (Å²) in [5.74, 6) is 1.46. The maximum absolute atomic E-state index is 13.5. The summed E-state index contributed by atoms with van der Waals surface area (Å²) in [5.41, 5.74) is 2.91. The summed E-state index contributed by atoms with van der Waals surface area (Å²) < 4.78 is 11.0. The molecule has 6 nitrogen and oxygen atoms in total. The van der Waals surface area contributed by atoms with E-state index in [1.54, 1.807) is 19.2 Å². The van der Waals surface area contributed by atoms with Gasteiger partial charge in [-0.3, -0.25) is 9.69 Å². The molecule has 164 valence electrons. The van der Waals surface area contributed by atoms with E-state index in [1.807, 2.05) is 48.5 Å². The average Bonchev–Trinajstić information content (AvgIpc) is 3.26. The highest BCUT2D eigenvalue weighted by Crippen LogP contribution is 2.39. The second-order valence-corrected chi connectivity index (χ2v) is 8.29. The predicted octanol–water partition coefficient (Wildman–Crippen LogP) is 4.26. The van der Waals surface area contributed by atoms with Gasteiger partial charge in [-0.15, -0.1) is 0 Å². The summed E-state index contributed by atoms with van der Waals surface area (Å²) in [4.78, 5) is 15.7. The summed E-state index contributed by atoms with van der Waals surface area (Å²) in [6.45, 7) is 3.56. The van der Waals surface area contributed by atoms with Gasteiger partial charge in [-0.2, -0.15) is 5.10 Å². The maximum Gasteiger partial charge on any atom is 0.257 e. The van der Waals surface area contributed by atoms with Gasteiger partial charge in [0.05, 0.1) is 32.5 Å². The average molecular weight is 422 g/mol. The van der Waals surface area contributed by atoms with E-state index in [9.17, 15) is 4.79 Å². The van der Waals surface area contributed by atoms with Gasteiger partial charge >= 0.3 is 0 Å². The number of ether oxygens (including phenoxy) is 2. The quantitative estimate of drug-likeness (QED) is 0.700. The Kier molecular flexibility index (Phi) is 6.56. The van der Waals surface area contributed by atoms with Gasteiger partial charge in [-0.25, -0.2) is 5.01 Å². The minimum atomic E-state index is -0.205. The summed E-state index contributed by atoms with van der Waals surface area (Å²) >= 11 is 0. The summed E-state index contributed by atoms with van der Waals surface area (Å²) in [7, 11) is 3.28. The predicted molar refractivity (Wildman–Crippen MR) is 122 cm³/mol. The first-order chi connectivity index (χ1) is 15.1. The molecule has 1 fully saturated rings. The molecule has 0 aromatic heterocycles. The molecule has 0 saturated carbocycles. The highest BCUT2D eigenvalue weighted by molar-refractivity contribution is 6.03. The van der Waals surface area contributed by atoms with Gasteiger partial charge in [-0.1, -0.05) is 36.8 Å². The van der Waals surface area contributed by atoms with Gasteiger partial charge in [0.25, 0.3) is 5.91 Å². The number of benzene rings is 2. The SMILES string of the molecule is COc1ccc([C@@H]2CC(c3ccccc3)=NN2C(=O)CN2CCCC[C@H]2C)c(OC)c1. The standard InChI is InChI=1S/C25H31N3O3/c1-18-9-7-8-14-27(18)17-25(29)28-23(16-22(26-28)19-10-5-4-6-11-19)21-13-12-20(30-2)15-24(21)31-3/h4-6,10-13,15,18,23H,7-9,14,16-17H2,1-3H3/t18-,23+/m1/s1. The number of amides is 1. The number of piperidine rings is 1. The van der Waals surface area contributed by atoms with E-state index in [0.29, 0.717) is 24.8 Å². The molecule has 4 rings (SSSR count). The Bertz CT molecular complexity index is 944. The second-order valence-electron chi connectivity index (χ2n) is 8.29. The molecule has 2 aromatic carbocycles. The molecule has 31 heavy (non-hydrogen) atoms. The van der Waals surface area contributed by atoms with Crippen molar-refractivity contribution in [2.45, 2.75) is 44.7 Å². The molecule has 2 atom stereocenters. The molecular formula is C25H31N3O3. The fourth-order valence-electron chi connectivity index (χ4n) is 4.52. The number of hydrogen-bond donors (Lipinski definition) is 0. The second kappa shape index (κ2) is 9.52. The lowest BCUT2D eigenvalue weighted by atomic mass is 9.97. The monoisotopic (exact) mass is 421 g/mol. The Balaban J connectivity index is 1.65. The molecule has 0 radical (unpaired) electrons. The molecule has 0 spiro atoms. The van der Waals surface area contributed by atoms with Crippen LogP contribution in [0.2, 0.25) is 0 Å². The number of hydrogen-bond acceptors (Lipinski definition) is 5. The lowest BCUT2D eigenvalue weighted by Gasteiger charge is -2.34. The third kappa shape index (κ3) is 4.59. The molecule has 2 aliphatic heterocycles. The van der Waals surface area contributed by atoms with Crippen molar-refractivity contribution in [2.24, 2.45) is 5.10 Å². The molecule has 2 aliphatic rings. The van der Waals surface area contributed by atoms with Crippen LogP contribution >= 0.6 is 0 Å². The van der Waals surface area contributed by atoms with E-state index >= 15 is 0 Å². The van der Waals surface area contributed by atoms with Crippen LogP contribution in [0.4, 0.5) is 0 Å². The first kappa shape index (κ1) is 21.4. The van der Waals surface area contributed by atoms with E-state index in [2.05, 4.69) is 11.8 Å². The lowest BCUT2D eigenvalue weighted by Crippen LogP contribution is -2.44. The van der Waals surface area contributed by atoms with Crippen molar-refractivity contribution in [3.8, 4) is 11.5 Å². The minimum Gasteiger partial charge on any atom is -0.497 e. The molecular weight excluding hydrogens is 390 g/mol. The fraction of sp³-hybridized carbons (Fsp3) is 0.440. The van der Waals surface area contributed by atoms with Crippen molar-refractivity contribution in [3.63, 3.8) is 0 Å². The largest absolute Gasteiger partial charge is 0.497 e. The van der Waals surface area contributed by atoms with E-state index in [0.717, 1.165) is 42.0 Å². The number of methoxy groups -OCH3 is 2. The van der Waals surface area contributed by atoms with Crippen molar-refractivity contribution in [3.05, 3.63) is 59.7 Å². The maximum atomic E-state index is 13.5. The Hall–Kier alpha value is -2.86. The van der Waals surface area contributed by atoms with E-state index < -0.39 is 0 Å². The number of nitrogens with zero attached hydrogens (tertiary/aromatic N) is 3. The Morgan fingerprint density at radius 2 is 1.90 bits per heavy atom. The highest BCUT2D eigenvalue weighted by atomic mass is 16.5. The zero-order chi connectivity index (χ0) is 21.8. The normalized spacial score (nSPS) is 21.6. The third-order valence-electron chi connectivity index (χ3n) is 6.35. The van der Waals surface area contributed by atoms with Crippen molar-refractivity contribution in [1.82, 2.24) is 9.91 Å². The molecule has 0 unspecified atom stereocenters. The summed E-state index contributed by atoms with van der Waals surface area (Å²) in [5, 5.41) is 6.49. The zero-order valence-electron chi connectivity index (χ0n) is 18.6. The number of hydrazone groups is 1. The Morgan fingerprint density at radius 3 is 2.61 bits per heavy atom. The van der Waals surface area contributed by atoms with Crippen LogP contribution in [0.3, 0.4) is 0 Å². The van der Waals surface area contributed by atoms with Crippen LogP contribution in [0.1, 0.15) is 49.8 Å². The van der Waals surface area contributed by atoms with Crippen LogP contribution in [0, 0.1) is 0 Å². The summed E-state index contributed by atoms with van der Waals surface area (Å²) in [6, 6.07) is 16.1. The van der Waals surface area contributed by atoms with Crippen LogP contribution < -0.4 is 9.47 Å². The van der Waals surface area contributed by atoms with Crippen LogP contribution in [0.15, 0.2) is 53.6 Å². The number of carbonyl (C=O) groups is 1. The molecule has 1 saturated heterocycles. The third-order valence-corrected chi connectivity index (χ3v) is 6.35. The first-order valence-electron chi connectivity index (χ1n) is 11.0. The number of rotatable bonds is 6. The zero-order valence-corrected chi connectivity index (χ0v) is 18.6. The molecule has 1 amide bonds. The van der Waals surface area contributed by atoms with E-state index in [1.165, 1.54) is 6.42 Å². The van der Waals surface area contributed by atoms with Gasteiger partial charge in [0, 0.05) is 24.1 Å². The van der Waals surface area contributed by atoms with Gasteiger partial charge < -0.3 is 9.47 Å². The Morgan fingerprint density at radius 1 is 1.10 bits per heavy atom. The lowest BCUT2D eigenvalue weighted by molar-refractivity contribution is -0.135. The molecule has 0 aliphatic carbocycles. The van der Waals surface area contributed by atoms with Crippen LogP contribution in [0.5, 0.6) is 11.5 Å². The van der Waals surface area contributed by atoms with Crippen molar-refractivity contribution in [1.29, 1.82) is 0 Å². The van der Waals surface area contributed by atoms with Gasteiger partial charge in [0.2, 0.25) is 0 Å². The summed E-state index contributed by atoms with van der Waals surface area (Å²) in [6.07, 6.45) is 4.17. The molecule has 6 heteroatoms. The van der Waals surface area contributed by atoms with Crippen molar-refractivity contribution >= 4 is 11.6 Å². The molecule has 0 bridgehead atoms. The van der Waals surface area contributed by atoms with Crippen molar-refractivity contribution in [2.75, 3.05) is 27.3 Å². The topological polar surface area (TPSA) is 54.4 Å². The van der Waals surface area contributed by atoms with Crippen LogP contribution in [0.25, 0.3) is 0 Å². The van der Waals surface area contributed by atoms with Crippen LogP contribution in [-0.4, -0.2) is 54.9 Å². The van der Waals surface area contributed by atoms with Gasteiger partial charge in [0.1, 0.15) is 11.5 Å². The Labute approximate surface area is 184 Å². The first-order valence-corrected chi connectivity index (χ1v) is 11.0. The van der Waals surface area contributed by atoms with E-state index in [-0.39, 0.29) is 11.9 Å². The van der Waals surface area contributed by atoms with Gasteiger partial charge in [-0.05, 0) is 44.0 Å². The van der Waals surface area contributed by atoms with Gasteiger partial charge in [0.15, 0.2) is 0 Å². The number of likely N-dealkylation sites (tertiary alicyclic amines) is 1.